The first kappa shape index (κ1) is 14.7. The molecular weight excluding hydrogens is 280 g/mol. The quantitative estimate of drug-likeness (QED) is 0.862. The highest BCUT2D eigenvalue weighted by atomic mass is 16.2. The number of aryl methyl sites for hydroxylation is 2. The maximum atomic E-state index is 12.9. The van der Waals surface area contributed by atoms with Crippen molar-refractivity contribution in [2.24, 2.45) is 7.05 Å². The molecule has 118 valence electrons. The summed E-state index contributed by atoms with van der Waals surface area (Å²) in [4.78, 5) is 18.8. The Kier molecular flexibility index (Phi) is 3.72. The first-order chi connectivity index (χ1) is 10.5. The van der Waals surface area contributed by atoms with Crippen LogP contribution in [0, 0.1) is 13.8 Å². The van der Waals surface area contributed by atoms with Gasteiger partial charge in [-0.25, -0.2) is 9.67 Å². The lowest BCUT2D eigenvalue weighted by molar-refractivity contribution is -0.135. The van der Waals surface area contributed by atoms with Crippen LogP contribution in [0.25, 0.3) is 0 Å². The molecule has 0 N–H and O–H groups in total. The van der Waals surface area contributed by atoms with Gasteiger partial charge in [0.2, 0.25) is 5.91 Å². The summed E-state index contributed by atoms with van der Waals surface area (Å²) >= 11 is 0. The van der Waals surface area contributed by atoms with Crippen LogP contribution < -0.4 is 0 Å². The van der Waals surface area contributed by atoms with Gasteiger partial charge in [-0.1, -0.05) is 0 Å². The van der Waals surface area contributed by atoms with Gasteiger partial charge in [0.15, 0.2) is 0 Å². The normalized spacial score (nSPS) is 19.6. The lowest BCUT2D eigenvalue weighted by Gasteiger charge is -2.28. The van der Waals surface area contributed by atoms with Crippen LogP contribution >= 0.6 is 0 Å². The molecule has 2 aromatic heterocycles. The molecule has 0 saturated carbocycles. The van der Waals surface area contributed by atoms with E-state index in [0.717, 1.165) is 30.8 Å². The zero-order chi connectivity index (χ0) is 15.9. The van der Waals surface area contributed by atoms with Crippen LogP contribution in [0.5, 0.6) is 0 Å². The molecule has 1 aliphatic heterocycles. The Morgan fingerprint density at radius 3 is 2.77 bits per heavy atom. The van der Waals surface area contributed by atoms with E-state index in [1.807, 2.05) is 30.5 Å². The number of carbonyl (C=O) groups excluding carboxylic acids is 1. The van der Waals surface area contributed by atoms with Gasteiger partial charge >= 0.3 is 0 Å². The molecule has 3 rings (SSSR count). The van der Waals surface area contributed by atoms with E-state index in [9.17, 15) is 4.79 Å². The van der Waals surface area contributed by atoms with E-state index in [0.29, 0.717) is 0 Å². The van der Waals surface area contributed by atoms with Gasteiger partial charge in [-0.2, -0.15) is 10.2 Å². The van der Waals surface area contributed by atoms with Crippen LogP contribution in [0.3, 0.4) is 0 Å². The summed E-state index contributed by atoms with van der Waals surface area (Å²) in [5, 5.41) is 8.58. The standard InChI is InChI=1S/C15H22N6O/c1-10-14(11(2)19(4)18-10)13-6-5-7-20(13)15(22)12(3)21-9-16-8-17-21/h8-9,12-13H,5-7H2,1-4H3. The van der Waals surface area contributed by atoms with E-state index in [-0.39, 0.29) is 18.0 Å². The monoisotopic (exact) mass is 302 g/mol. The second-order valence-electron chi connectivity index (χ2n) is 5.95. The molecule has 1 saturated heterocycles. The summed E-state index contributed by atoms with van der Waals surface area (Å²) < 4.78 is 3.51. The number of rotatable bonds is 3. The molecule has 2 atom stereocenters. The van der Waals surface area contributed by atoms with Gasteiger partial charge in [0.25, 0.3) is 0 Å². The summed E-state index contributed by atoms with van der Waals surface area (Å²) in [6, 6.07) is -0.215. The number of amides is 1. The van der Waals surface area contributed by atoms with Gasteiger partial charge in [0.1, 0.15) is 18.7 Å². The maximum absolute atomic E-state index is 12.9. The number of hydrogen-bond acceptors (Lipinski definition) is 4. The van der Waals surface area contributed by atoms with E-state index in [1.54, 1.807) is 11.0 Å². The molecule has 3 heterocycles. The third-order valence-electron chi connectivity index (χ3n) is 4.62. The number of likely N-dealkylation sites (tertiary alicyclic amines) is 1. The molecule has 0 spiro atoms. The molecule has 7 heteroatoms. The molecule has 1 aliphatic rings. The Bertz CT molecular complexity index is 675. The Labute approximate surface area is 129 Å². The predicted molar refractivity (Wildman–Crippen MR) is 81.1 cm³/mol. The zero-order valence-electron chi connectivity index (χ0n) is 13.5. The zero-order valence-corrected chi connectivity index (χ0v) is 13.5. The van der Waals surface area contributed by atoms with Gasteiger partial charge in [0, 0.05) is 24.8 Å². The molecule has 0 bridgehead atoms. The average molecular weight is 302 g/mol. The summed E-state index contributed by atoms with van der Waals surface area (Å²) in [5.41, 5.74) is 3.34. The molecule has 1 fully saturated rings. The second kappa shape index (κ2) is 5.55. The molecular formula is C15H22N6O. The molecule has 2 aromatic rings. The van der Waals surface area contributed by atoms with Gasteiger partial charge in [-0.15, -0.1) is 0 Å². The summed E-state index contributed by atoms with van der Waals surface area (Å²) in [7, 11) is 1.95. The van der Waals surface area contributed by atoms with Crippen LogP contribution in [0.15, 0.2) is 12.7 Å². The van der Waals surface area contributed by atoms with Gasteiger partial charge in [-0.3, -0.25) is 9.48 Å². The fraction of sp³-hybridized carbons (Fsp3) is 0.600. The first-order valence-corrected chi connectivity index (χ1v) is 7.65. The maximum Gasteiger partial charge on any atom is 0.247 e. The average Bonchev–Trinajstić information content (AvgIpc) is 3.20. The van der Waals surface area contributed by atoms with Crippen molar-refractivity contribution in [1.82, 2.24) is 29.4 Å². The summed E-state index contributed by atoms with van der Waals surface area (Å²) in [6.07, 6.45) is 5.06. The van der Waals surface area contributed by atoms with Crippen molar-refractivity contribution < 1.29 is 4.79 Å². The third-order valence-corrected chi connectivity index (χ3v) is 4.62. The van der Waals surface area contributed by atoms with Crippen molar-refractivity contribution in [3.8, 4) is 0 Å². The number of aromatic nitrogens is 5. The predicted octanol–water partition coefficient (Wildman–Crippen LogP) is 1.55. The highest BCUT2D eigenvalue weighted by Gasteiger charge is 2.35. The number of hydrogen-bond donors (Lipinski definition) is 0. The van der Waals surface area contributed by atoms with Gasteiger partial charge in [-0.05, 0) is 33.6 Å². The highest BCUT2D eigenvalue weighted by molar-refractivity contribution is 5.80. The molecule has 7 nitrogen and oxygen atoms in total. The second-order valence-corrected chi connectivity index (χ2v) is 5.95. The Hall–Kier alpha value is -2.18. The minimum absolute atomic E-state index is 0.0932. The molecule has 1 amide bonds. The van der Waals surface area contributed by atoms with Crippen LogP contribution in [-0.2, 0) is 11.8 Å². The smallest absolute Gasteiger partial charge is 0.247 e. The van der Waals surface area contributed by atoms with E-state index in [2.05, 4.69) is 22.1 Å². The van der Waals surface area contributed by atoms with Crippen molar-refractivity contribution in [3.05, 3.63) is 29.6 Å². The molecule has 0 radical (unpaired) electrons. The molecule has 0 aliphatic carbocycles. The lowest BCUT2D eigenvalue weighted by atomic mass is 10.0. The van der Waals surface area contributed by atoms with Crippen LogP contribution in [0.4, 0.5) is 0 Å². The lowest BCUT2D eigenvalue weighted by Crippen LogP contribution is -2.36. The van der Waals surface area contributed by atoms with Gasteiger partial charge in [0.05, 0.1) is 11.7 Å². The first-order valence-electron chi connectivity index (χ1n) is 7.65. The van der Waals surface area contributed by atoms with E-state index < -0.39 is 0 Å². The van der Waals surface area contributed by atoms with Gasteiger partial charge < -0.3 is 4.90 Å². The largest absolute Gasteiger partial charge is 0.334 e. The molecule has 22 heavy (non-hydrogen) atoms. The fourth-order valence-electron chi connectivity index (χ4n) is 3.37. The highest BCUT2D eigenvalue weighted by Crippen LogP contribution is 2.36. The van der Waals surface area contributed by atoms with Crippen molar-refractivity contribution in [1.29, 1.82) is 0 Å². The molecule has 0 aromatic carbocycles. The minimum atomic E-state index is -0.333. The SMILES string of the molecule is Cc1nn(C)c(C)c1C1CCCN1C(=O)C(C)n1cncn1. The summed E-state index contributed by atoms with van der Waals surface area (Å²) in [5.74, 6) is 0.0932. The van der Waals surface area contributed by atoms with Crippen molar-refractivity contribution in [2.75, 3.05) is 6.54 Å². The molecule has 2 unspecified atom stereocenters. The van der Waals surface area contributed by atoms with Crippen LogP contribution in [0.2, 0.25) is 0 Å². The van der Waals surface area contributed by atoms with Crippen LogP contribution in [-0.4, -0.2) is 41.9 Å². The van der Waals surface area contributed by atoms with Crippen molar-refractivity contribution in [3.63, 3.8) is 0 Å². The third kappa shape index (κ3) is 2.30. The number of carbonyl (C=O) groups is 1. The summed E-state index contributed by atoms with van der Waals surface area (Å²) in [6.45, 7) is 6.74. The van der Waals surface area contributed by atoms with Crippen LogP contribution in [0.1, 0.15) is 48.8 Å². The number of nitrogens with zero attached hydrogens (tertiary/aromatic N) is 6. The Morgan fingerprint density at radius 1 is 1.41 bits per heavy atom. The van der Waals surface area contributed by atoms with E-state index >= 15 is 0 Å². The minimum Gasteiger partial charge on any atom is -0.334 e. The van der Waals surface area contributed by atoms with Crippen molar-refractivity contribution >= 4 is 5.91 Å². The van der Waals surface area contributed by atoms with E-state index in [4.69, 9.17) is 0 Å². The Morgan fingerprint density at radius 2 is 2.18 bits per heavy atom. The fourth-order valence-corrected chi connectivity index (χ4v) is 3.37. The van der Waals surface area contributed by atoms with Crippen molar-refractivity contribution in [2.45, 2.75) is 45.7 Å². The Balaban J connectivity index is 1.88. The topological polar surface area (TPSA) is 68.8 Å². The van der Waals surface area contributed by atoms with E-state index in [1.165, 1.54) is 11.9 Å².